The van der Waals surface area contributed by atoms with Crippen molar-refractivity contribution in [2.24, 2.45) is 0 Å². The fraction of sp³-hybridized carbons (Fsp3) is 0.500. The molecule has 4 heteroatoms. The van der Waals surface area contributed by atoms with E-state index in [1.807, 2.05) is 25.2 Å². The molecule has 0 radical (unpaired) electrons. The van der Waals surface area contributed by atoms with Crippen molar-refractivity contribution < 1.29 is 4.79 Å². The summed E-state index contributed by atoms with van der Waals surface area (Å²) in [6.07, 6.45) is 3.58. The molecule has 1 atom stereocenters. The molecule has 1 fully saturated rings. The number of aromatic nitrogens is 1. The number of hydrogen-bond donors (Lipinski definition) is 1. The Balaban J connectivity index is 1.75. The van der Waals surface area contributed by atoms with Gasteiger partial charge in [0.15, 0.2) is 0 Å². The fourth-order valence-corrected chi connectivity index (χ4v) is 1.93. The second kappa shape index (κ2) is 5.07. The van der Waals surface area contributed by atoms with Gasteiger partial charge in [-0.1, -0.05) is 6.07 Å². The highest BCUT2D eigenvalue weighted by Gasteiger charge is 2.27. The van der Waals surface area contributed by atoms with E-state index >= 15 is 0 Å². The van der Waals surface area contributed by atoms with E-state index in [9.17, 15) is 4.79 Å². The highest BCUT2D eigenvalue weighted by molar-refractivity contribution is 5.83. The number of likely N-dealkylation sites (tertiary alicyclic amines) is 1. The Labute approximate surface area is 95.7 Å². The van der Waals surface area contributed by atoms with E-state index in [0.29, 0.717) is 0 Å². The lowest BCUT2D eigenvalue weighted by molar-refractivity contribution is -0.128. The van der Waals surface area contributed by atoms with Gasteiger partial charge in [-0.3, -0.25) is 9.78 Å². The number of hydrogen-bond acceptors (Lipinski definition) is 3. The highest BCUT2D eigenvalue weighted by Crippen LogP contribution is 2.08. The summed E-state index contributed by atoms with van der Waals surface area (Å²) in [7, 11) is 1.85. The van der Waals surface area contributed by atoms with Crippen molar-refractivity contribution in [2.45, 2.75) is 18.9 Å². The molecule has 0 aliphatic carbocycles. The zero-order valence-electron chi connectivity index (χ0n) is 9.52. The van der Waals surface area contributed by atoms with Crippen molar-refractivity contribution in [3.63, 3.8) is 0 Å². The Kier molecular flexibility index (Phi) is 3.51. The quantitative estimate of drug-likeness (QED) is 0.799. The first-order valence-electron chi connectivity index (χ1n) is 5.65. The van der Waals surface area contributed by atoms with E-state index in [1.54, 1.807) is 11.1 Å². The second-order valence-electron chi connectivity index (χ2n) is 4.13. The van der Waals surface area contributed by atoms with Crippen LogP contribution in [0.4, 0.5) is 0 Å². The molecule has 2 heterocycles. The number of likely N-dealkylation sites (N-methyl/N-ethyl adjacent to an activating group) is 1. The molecule has 1 saturated heterocycles. The molecule has 1 N–H and O–H groups in total. The molecule has 1 aliphatic heterocycles. The Bertz CT molecular complexity index is 353. The summed E-state index contributed by atoms with van der Waals surface area (Å²) in [6.45, 7) is 1.67. The van der Waals surface area contributed by atoms with E-state index in [2.05, 4.69) is 10.3 Å². The summed E-state index contributed by atoms with van der Waals surface area (Å²) in [5.74, 6) is 0.209. The summed E-state index contributed by atoms with van der Waals surface area (Å²) in [4.78, 5) is 17.6. The maximum absolute atomic E-state index is 11.6. The Morgan fingerprint density at radius 1 is 1.56 bits per heavy atom. The molecule has 4 nitrogen and oxygen atoms in total. The van der Waals surface area contributed by atoms with Gasteiger partial charge in [0.05, 0.1) is 6.04 Å². The van der Waals surface area contributed by atoms with Gasteiger partial charge in [-0.2, -0.15) is 0 Å². The molecule has 0 aromatic carbocycles. The van der Waals surface area contributed by atoms with Gasteiger partial charge in [0, 0.05) is 38.4 Å². The highest BCUT2D eigenvalue weighted by atomic mass is 16.2. The van der Waals surface area contributed by atoms with E-state index in [4.69, 9.17) is 0 Å². The molecule has 0 saturated carbocycles. The molecule has 1 aromatic rings. The van der Waals surface area contributed by atoms with Crippen molar-refractivity contribution in [3.8, 4) is 0 Å². The van der Waals surface area contributed by atoms with E-state index in [0.717, 1.165) is 31.6 Å². The molecular formula is C12H17N3O. The summed E-state index contributed by atoms with van der Waals surface area (Å²) in [5, 5.41) is 3.28. The summed E-state index contributed by atoms with van der Waals surface area (Å²) in [5.41, 5.74) is 1.06. The van der Waals surface area contributed by atoms with Crippen LogP contribution < -0.4 is 5.32 Å². The molecule has 1 aliphatic rings. The van der Waals surface area contributed by atoms with Gasteiger partial charge < -0.3 is 10.2 Å². The molecule has 86 valence electrons. The SMILES string of the molecule is CN1CCC(NCCc2ccccn2)C1=O. The smallest absolute Gasteiger partial charge is 0.239 e. The lowest BCUT2D eigenvalue weighted by Crippen LogP contribution is -2.37. The molecule has 1 amide bonds. The van der Waals surface area contributed by atoms with Crippen LogP contribution in [0, 0.1) is 0 Å². The summed E-state index contributed by atoms with van der Waals surface area (Å²) < 4.78 is 0. The largest absolute Gasteiger partial charge is 0.344 e. The van der Waals surface area contributed by atoms with Crippen molar-refractivity contribution in [2.75, 3.05) is 20.1 Å². The Morgan fingerprint density at radius 2 is 2.44 bits per heavy atom. The van der Waals surface area contributed by atoms with Crippen LogP contribution in [0.15, 0.2) is 24.4 Å². The minimum Gasteiger partial charge on any atom is -0.344 e. The normalized spacial score (nSPS) is 20.4. The summed E-state index contributed by atoms with van der Waals surface area (Å²) >= 11 is 0. The van der Waals surface area contributed by atoms with Crippen LogP contribution in [-0.4, -0.2) is 42.0 Å². The van der Waals surface area contributed by atoms with Gasteiger partial charge in [0.25, 0.3) is 0 Å². The molecule has 0 spiro atoms. The number of amides is 1. The van der Waals surface area contributed by atoms with Gasteiger partial charge in [0.2, 0.25) is 5.91 Å². The number of nitrogens with zero attached hydrogens (tertiary/aromatic N) is 2. The third-order valence-electron chi connectivity index (χ3n) is 2.93. The van der Waals surface area contributed by atoms with Crippen molar-refractivity contribution in [1.82, 2.24) is 15.2 Å². The van der Waals surface area contributed by atoms with Gasteiger partial charge in [-0.15, -0.1) is 0 Å². The van der Waals surface area contributed by atoms with Crippen molar-refractivity contribution in [3.05, 3.63) is 30.1 Å². The predicted molar refractivity (Wildman–Crippen MR) is 62.0 cm³/mol. The van der Waals surface area contributed by atoms with E-state index < -0.39 is 0 Å². The Morgan fingerprint density at radius 3 is 3.06 bits per heavy atom. The first-order valence-corrected chi connectivity index (χ1v) is 5.65. The molecule has 16 heavy (non-hydrogen) atoms. The third kappa shape index (κ3) is 2.58. The predicted octanol–water partition coefficient (Wildman–Crippen LogP) is 0.444. The number of carbonyl (C=O) groups is 1. The Hall–Kier alpha value is -1.42. The van der Waals surface area contributed by atoms with Crippen molar-refractivity contribution in [1.29, 1.82) is 0 Å². The average Bonchev–Trinajstić information content (AvgIpc) is 2.62. The summed E-state index contributed by atoms with van der Waals surface area (Å²) in [6, 6.07) is 5.90. The minimum atomic E-state index is 0.00807. The zero-order valence-corrected chi connectivity index (χ0v) is 9.52. The fourth-order valence-electron chi connectivity index (χ4n) is 1.93. The zero-order chi connectivity index (χ0) is 11.4. The van der Waals surface area contributed by atoms with Gasteiger partial charge in [-0.25, -0.2) is 0 Å². The number of rotatable bonds is 4. The number of carbonyl (C=O) groups excluding carboxylic acids is 1. The van der Waals surface area contributed by atoms with Crippen LogP contribution >= 0.6 is 0 Å². The van der Waals surface area contributed by atoms with Crippen LogP contribution in [0.5, 0.6) is 0 Å². The van der Waals surface area contributed by atoms with Crippen LogP contribution in [0.3, 0.4) is 0 Å². The maximum atomic E-state index is 11.6. The average molecular weight is 219 g/mol. The van der Waals surface area contributed by atoms with Gasteiger partial charge in [-0.05, 0) is 18.6 Å². The van der Waals surface area contributed by atoms with Gasteiger partial charge in [0.1, 0.15) is 0 Å². The monoisotopic (exact) mass is 219 g/mol. The number of pyridine rings is 1. The minimum absolute atomic E-state index is 0.00807. The van der Waals surface area contributed by atoms with Crippen LogP contribution in [0.2, 0.25) is 0 Å². The second-order valence-corrected chi connectivity index (χ2v) is 4.13. The first-order chi connectivity index (χ1) is 7.77. The lowest BCUT2D eigenvalue weighted by atomic mass is 10.2. The van der Waals surface area contributed by atoms with Gasteiger partial charge >= 0.3 is 0 Å². The third-order valence-corrected chi connectivity index (χ3v) is 2.93. The van der Waals surface area contributed by atoms with Crippen LogP contribution in [-0.2, 0) is 11.2 Å². The maximum Gasteiger partial charge on any atom is 0.239 e. The lowest BCUT2D eigenvalue weighted by Gasteiger charge is -2.11. The molecule has 2 rings (SSSR count). The molecular weight excluding hydrogens is 202 g/mol. The van der Waals surface area contributed by atoms with Crippen LogP contribution in [0.25, 0.3) is 0 Å². The first kappa shape index (κ1) is 11.1. The molecule has 1 unspecified atom stereocenters. The van der Waals surface area contributed by atoms with E-state index in [-0.39, 0.29) is 11.9 Å². The van der Waals surface area contributed by atoms with E-state index in [1.165, 1.54) is 0 Å². The van der Waals surface area contributed by atoms with Crippen molar-refractivity contribution >= 4 is 5.91 Å². The van der Waals surface area contributed by atoms with Crippen LogP contribution in [0.1, 0.15) is 12.1 Å². The standard InChI is InChI=1S/C12H17N3O/c1-15-9-6-11(12(15)16)14-8-5-10-4-2-3-7-13-10/h2-4,7,11,14H,5-6,8-9H2,1H3. The number of nitrogens with one attached hydrogen (secondary N) is 1. The topological polar surface area (TPSA) is 45.2 Å². The molecule has 0 bridgehead atoms. The molecule has 1 aromatic heterocycles.